The third kappa shape index (κ3) is 4.30. The van der Waals surface area contributed by atoms with Crippen LogP contribution in [-0.4, -0.2) is 15.7 Å². The standard InChI is InChI=1S/C15H14BrClF3N3O/c1-8-3-4-10(17)7-11(8)21-12(24)5-6-23-9(2)13(16)14(22-23)15(18,19)20/h3-4,7H,5-6H2,1-2H3,(H,21,24). The molecule has 0 fully saturated rings. The minimum absolute atomic E-state index is 0.0157. The van der Waals surface area contributed by atoms with Crippen molar-refractivity contribution in [2.45, 2.75) is 33.0 Å². The molecule has 0 saturated heterocycles. The molecule has 1 amide bonds. The Morgan fingerprint density at radius 2 is 2.04 bits per heavy atom. The Morgan fingerprint density at radius 3 is 2.62 bits per heavy atom. The number of carbonyl (C=O) groups is 1. The molecule has 130 valence electrons. The van der Waals surface area contributed by atoms with Gasteiger partial charge in [-0.2, -0.15) is 18.3 Å². The van der Waals surface area contributed by atoms with Crippen LogP contribution in [-0.2, 0) is 17.5 Å². The van der Waals surface area contributed by atoms with Crippen LogP contribution in [0.2, 0.25) is 5.02 Å². The number of nitrogens with one attached hydrogen (secondary N) is 1. The maximum atomic E-state index is 12.8. The van der Waals surface area contributed by atoms with E-state index in [-0.39, 0.29) is 23.3 Å². The molecular formula is C15H14BrClF3N3O. The molecule has 1 N–H and O–H groups in total. The van der Waals surface area contributed by atoms with Gasteiger partial charge in [-0.3, -0.25) is 9.48 Å². The van der Waals surface area contributed by atoms with Gasteiger partial charge in [0.15, 0.2) is 5.69 Å². The maximum Gasteiger partial charge on any atom is 0.436 e. The zero-order valence-electron chi connectivity index (χ0n) is 12.8. The van der Waals surface area contributed by atoms with Gasteiger partial charge in [0, 0.05) is 17.1 Å². The fourth-order valence-corrected chi connectivity index (χ4v) is 2.75. The Morgan fingerprint density at radius 1 is 1.38 bits per heavy atom. The van der Waals surface area contributed by atoms with Crippen LogP contribution in [0.15, 0.2) is 22.7 Å². The van der Waals surface area contributed by atoms with E-state index in [1.54, 1.807) is 18.2 Å². The van der Waals surface area contributed by atoms with Crippen molar-refractivity contribution in [1.82, 2.24) is 9.78 Å². The number of anilines is 1. The van der Waals surface area contributed by atoms with Gasteiger partial charge in [0.25, 0.3) is 0 Å². The number of aromatic nitrogens is 2. The monoisotopic (exact) mass is 423 g/mol. The highest BCUT2D eigenvalue weighted by atomic mass is 79.9. The molecule has 4 nitrogen and oxygen atoms in total. The first kappa shape index (κ1) is 18.8. The van der Waals surface area contributed by atoms with E-state index in [0.29, 0.717) is 16.4 Å². The van der Waals surface area contributed by atoms with E-state index in [9.17, 15) is 18.0 Å². The van der Waals surface area contributed by atoms with Gasteiger partial charge in [0.2, 0.25) is 5.91 Å². The Balaban J connectivity index is 2.06. The fraction of sp³-hybridized carbons (Fsp3) is 0.333. The second kappa shape index (κ2) is 7.14. The zero-order valence-corrected chi connectivity index (χ0v) is 15.2. The van der Waals surface area contributed by atoms with Gasteiger partial charge in [-0.1, -0.05) is 17.7 Å². The molecule has 0 aliphatic carbocycles. The summed E-state index contributed by atoms with van der Waals surface area (Å²) in [6, 6.07) is 5.09. The average molecular weight is 425 g/mol. The van der Waals surface area contributed by atoms with E-state index in [0.717, 1.165) is 10.2 Å². The summed E-state index contributed by atoms with van der Waals surface area (Å²) in [7, 11) is 0. The number of carbonyl (C=O) groups excluding carboxylic acids is 1. The third-order valence-corrected chi connectivity index (χ3v) is 4.61. The summed E-state index contributed by atoms with van der Waals surface area (Å²) in [6.07, 6.45) is -4.56. The lowest BCUT2D eigenvalue weighted by Gasteiger charge is -2.09. The van der Waals surface area contributed by atoms with Crippen molar-refractivity contribution in [3.8, 4) is 0 Å². The highest BCUT2D eigenvalue weighted by Gasteiger charge is 2.37. The van der Waals surface area contributed by atoms with Crippen molar-refractivity contribution in [3.05, 3.63) is 44.6 Å². The number of amides is 1. The summed E-state index contributed by atoms with van der Waals surface area (Å²) in [5.74, 6) is -0.333. The molecule has 1 aromatic heterocycles. The Bertz CT molecular complexity index is 774. The maximum absolute atomic E-state index is 12.8. The first-order valence-electron chi connectivity index (χ1n) is 6.95. The predicted molar refractivity (Wildman–Crippen MR) is 89.1 cm³/mol. The number of hydrogen-bond donors (Lipinski definition) is 1. The van der Waals surface area contributed by atoms with E-state index in [2.05, 4.69) is 26.3 Å². The lowest BCUT2D eigenvalue weighted by Crippen LogP contribution is -2.16. The third-order valence-electron chi connectivity index (χ3n) is 3.43. The average Bonchev–Trinajstić information content (AvgIpc) is 2.77. The first-order valence-corrected chi connectivity index (χ1v) is 8.13. The molecule has 0 radical (unpaired) electrons. The molecular weight excluding hydrogens is 411 g/mol. The van der Waals surface area contributed by atoms with Gasteiger partial charge in [0.1, 0.15) is 0 Å². The van der Waals surface area contributed by atoms with Crippen LogP contribution < -0.4 is 5.32 Å². The summed E-state index contributed by atoms with van der Waals surface area (Å²) >= 11 is 8.78. The second-order valence-corrected chi connectivity index (χ2v) is 6.46. The van der Waals surface area contributed by atoms with Crippen LogP contribution in [0.25, 0.3) is 0 Å². The summed E-state index contributed by atoms with van der Waals surface area (Å²) in [5.41, 5.74) is 0.729. The minimum atomic E-state index is -4.55. The van der Waals surface area contributed by atoms with Gasteiger partial charge in [0.05, 0.1) is 16.7 Å². The van der Waals surface area contributed by atoms with Gasteiger partial charge in [-0.25, -0.2) is 0 Å². The van der Waals surface area contributed by atoms with E-state index in [1.807, 2.05) is 6.92 Å². The van der Waals surface area contributed by atoms with Gasteiger partial charge < -0.3 is 5.32 Å². The molecule has 0 spiro atoms. The van der Waals surface area contributed by atoms with Crippen molar-refractivity contribution < 1.29 is 18.0 Å². The Hall–Kier alpha value is -1.54. The molecule has 2 aromatic rings. The summed E-state index contributed by atoms with van der Waals surface area (Å²) in [4.78, 5) is 12.0. The summed E-state index contributed by atoms with van der Waals surface area (Å²) in [5, 5.41) is 6.71. The number of rotatable bonds is 4. The normalized spacial score (nSPS) is 11.6. The largest absolute Gasteiger partial charge is 0.436 e. The van der Waals surface area contributed by atoms with Crippen molar-refractivity contribution >= 4 is 39.1 Å². The number of halogens is 5. The van der Waals surface area contributed by atoms with Crippen LogP contribution in [0.4, 0.5) is 18.9 Å². The number of alkyl halides is 3. The van der Waals surface area contributed by atoms with Crippen molar-refractivity contribution in [2.75, 3.05) is 5.32 Å². The van der Waals surface area contributed by atoms with Crippen LogP contribution in [0.1, 0.15) is 23.4 Å². The SMILES string of the molecule is Cc1ccc(Cl)cc1NC(=O)CCn1nc(C(F)(F)F)c(Br)c1C. The predicted octanol–water partition coefficient (Wildman–Crippen LogP) is 4.96. The number of benzene rings is 1. The number of hydrogen-bond acceptors (Lipinski definition) is 2. The fourth-order valence-electron chi connectivity index (χ4n) is 2.07. The number of aryl methyl sites for hydroxylation is 2. The van der Waals surface area contributed by atoms with Gasteiger partial charge in [-0.05, 0) is 47.5 Å². The van der Waals surface area contributed by atoms with Gasteiger partial charge in [-0.15, -0.1) is 0 Å². The van der Waals surface area contributed by atoms with E-state index >= 15 is 0 Å². The van der Waals surface area contributed by atoms with E-state index in [1.165, 1.54) is 6.92 Å². The number of nitrogens with zero attached hydrogens (tertiary/aromatic N) is 2. The molecule has 0 unspecified atom stereocenters. The van der Waals surface area contributed by atoms with Crippen LogP contribution in [0.5, 0.6) is 0 Å². The quantitative estimate of drug-likeness (QED) is 0.754. The molecule has 1 aromatic carbocycles. The molecule has 1 heterocycles. The van der Waals surface area contributed by atoms with Crippen molar-refractivity contribution in [3.63, 3.8) is 0 Å². The minimum Gasteiger partial charge on any atom is -0.326 e. The van der Waals surface area contributed by atoms with Gasteiger partial charge >= 0.3 is 6.18 Å². The van der Waals surface area contributed by atoms with Crippen molar-refractivity contribution in [1.29, 1.82) is 0 Å². The lowest BCUT2D eigenvalue weighted by atomic mass is 10.2. The molecule has 9 heteroatoms. The summed E-state index contributed by atoms with van der Waals surface area (Å²) in [6.45, 7) is 3.35. The smallest absolute Gasteiger partial charge is 0.326 e. The van der Waals surface area contributed by atoms with Crippen LogP contribution >= 0.6 is 27.5 Å². The Labute approximate surface area is 150 Å². The Kier molecular flexibility index (Phi) is 5.59. The molecule has 24 heavy (non-hydrogen) atoms. The highest BCUT2D eigenvalue weighted by Crippen LogP contribution is 2.35. The molecule has 0 atom stereocenters. The topological polar surface area (TPSA) is 46.9 Å². The van der Waals surface area contributed by atoms with Crippen molar-refractivity contribution in [2.24, 2.45) is 0 Å². The zero-order chi connectivity index (χ0) is 18.1. The molecule has 0 saturated carbocycles. The molecule has 2 rings (SSSR count). The lowest BCUT2D eigenvalue weighted by molar-refractivity contribution is -0.142. The molecule has 0 bridgehead atoms. The van der Waals surface area contributed by atoms with E-state index in [4.69, 9.17) is 11.6 Å². The first-order chi connectivity index (χ1) is 11.1. The van der Waals surface area contributed by atoms with Crippen LogP contribution in [0.3, 0.4) is 0 Å². The molecule has 0 aliphatic rings. The van der Waals surface area contributed by atoms with Crippen LogP contribution in [0, 0.1) is 13.8 Å². The van der Waals surface area contributed by atoms with E-state index < -0.39 is 11.9 Å². The molecule has 0 aliphatic heterocycles. The highest BCUT2D eigenvalue weighted by molar-refractivity contribution is 9.10. The second-order valence-electron chi connectivity index (χ2n) is 5.23. The summed E-state index contributed by atoms with van der Waals surface area (Å²) < 4.78 is 39.5.